The normalized spacial score (nSPS) is 22.7. The molecule has 2 aliphatic heterocycles. The monoisotopic (exact) mass is 957 g/mol. The number of anilines is 2. The first-order chi connectivity index (χ1) is 30.2. The number of fused-ring (bicyclic) bond motifs is 2. The summed E-state index contributed by atoms with van der Waals surface area (Å²) in [5.41, 5.74) is 17.3. The number of nitrogens with zero attached hydrogens (tertiary/aromatic N) is 4. The third-order valence-corrected chi connectivity index (χ3v) is 12.8. The summed E-state index contributed by atoms with van der Waals surface area (Å²) in [5, 5.41) is 10.1. The summed E-state index contributed by atoms with van der Waals surface area (Å²) in [4.78, 5) is 74.6. The van der Waals surface area contributed by atoms with Crippen molar-refractivity contribution in [2.24, 2.45) is 5.73 Å². The van der Waals surface area contributed by atoms with E-state index in [0.29, 0.717) is 36.0 Å². The van der Waals surface area contributed by atoms with Crippen molar-refractivity contribution in [1.29, 1.82) is 0 Å². The standard InChI is InChI=1S/C18H22N4O4.C17H24N5O13P3/c1-3-5-6-11-9-22(16-15(11)17(24)21-18(19)20-16)14-8-12(25-7-4-2)13(10-23)26-14;1-2-6-31-11-7-13(22-8-10(4-3-5-18)14-15(22)20-17(19)21-16(14)23)33-12(11)9-32-37(27,28)35-38(29,30)34-36(24,25)26/h4,9,12-14,23H,2-3,7-8,10H2,1H3,(H3,19,20,21,24);2,8,11-13H,1,5-7,9,18H2,(H,27,28)(H,29,30)(H2,24,25,26)(H3,19,20,21,23). The average Bonchev–Trinajstić information content (AvgIpc) is 3.98. The Bertz CT molecular complexity index is 2740. The topological polar surface area (TPSA) is 396 Å². The Morgan fingerprint density at radius 1 is 0.828 bits per heavy atom. The Labute approximate surface area is 362 Å². The van der Waals surface area contributed by atoms with Crippen LogP contribution in [0.25, 0.3) is 22.1 Å². The van der Waals surface area contributed by atoms with Gasteiger partial charge in [0.05, 0.1) is 67.1 Å². The molecule has 8 atom stereocenters. The molecule has 0 aromatic carbocycles. The van der Waals surface area contributed by atoms with Gasteiger partial charge in [-0.15, -0.1) is 13.2 Å². The molecule has 2 aliphatic rings. The number of aliphatic hydroxyl groups excluding tert-OH is 1. The fourth-order valence-electron chi connectivity index (χ4n) is 6.57. The summed E-state index contributed by atoms with van der Waals surface area (Å²) >= 11 is 0. The predicted molar refractivity (Wildman–Crippen MR) is 226 cm³/mol. The average molecular weight is 958 g/mol. The van der Waals surface area contributed by atoms with Crippen molar-refractivity contribution in [3.8, 4) is 23.7 Å². The van der Waals surface area contributed by atoms with Gasteiger partial charge in [0.2, 0.25) is 11.9 Å². The van der Waals surface area contributed by atoms with E-state index in [9.17, 15) is 38.2 Å². The first-order valence-electron chi connectivity index (χ1n) is 18.9. The second-order valence-corrected chi connectivity index (χ2v) is 17.9. The van der Waals surface area contributed by atoms with Crippen LogP contribution in [-0.4, -0.2) is 111 Å². The summed E-state index contributed by atoms with van der Waals surface area (Å²) in [6, 6.07) is 0. The van der Waals surface area contributed by atoms with Crippen molar-refractivity contribution in [2.75, 3.05) is 44.4 Å². The Morgan fingerprint density at radius 3 is 1.77 bits per heavy atom. The molecule has 6 heterocycles. The molecular weight excluding hydrogens is 911 g/mol. The minimum atomic E-state index is -5.70. The first-order valence-corrected chi connectivity index (χ1v) is 23.4. The Morgan fingerprint density at radius 2 is 1.31 bits per heavy atom. The van der Waals surface area contributed by atoms with Crippen LogP contribution in [0.3, 0.4) is 0 Å². The Kier molecular flexibility index (Phi) is 16.8. The molecule has 13 N–H and O–H groups in total. The van der Waals surface area contributed by atoms with Gasteiger partial charge in [-0.2, -0.15) is 18.6 Å². The maximum Gasteiger partial charge on any atom is 0.490 e. The highest BCUT2D eigenvalue weighted by molar-refractivity contribution is 7.66. The van der Waals surface area contributed by atoms with Crippen LogP contribution in [0.15, 0.2) is 47.3 Å². The summed E-state index contributed by atoms with van der Waals surface area (Å²) in [6.45, 7) is 8.60. The molecule has 64 heavy (non-hydrogen) atoms. The number of hydrogen-bond acceptors (Lipinski definition) is 18. The van der Waals surface area contributed by atoms with E-state index in [1.54, 1.807) is 16.8 Å². The third-order valence-electron chi connectivity index (χ3n) is 8.96. The van der Waals surface area contributed by atoms with E-state index in [4.69, 9.17) is 50.5 Å². The number of nitrogens with one attached hydrogen (secondary N) is 2. The van der Waals surface area contributed by atoms with Crippen molar-refractivity contribution >= 4 is 57.4 Å². The van der Waals surface area contributed by atoms with Gasteiger partial charge in [-0.05, 0) is 0 Å². The molecule has 0 amide bonds. The molecule has 4 aromatic rings. The number of nitrogens with two attached hydrogens (primary N) is 3. The predicted octanol–water partition coefficient (Wildman–Crippen LogP) is 0.738. The molecule has 0 radical (unpaired) electrons. The highest BCUT2D eigenvalue weighted by Gasteiger charge is 2.44. The van der Waals surface area contributed by atoms with E-state index in [1.807, 2.05) is 6.92 Å². The lowest BCUT2D eigenvalue weighted by Crippen LogP contribution is -2.29. The number of rotatable bonds is 16. The number of phosphoric acid groups is 3. The van der Waals surface area contributed by atoms with Crippen LogP contribution < -0.4 is 28.3 Å². The lowest BCUT2D eigenvalue weighted by Gasteiger charge is -2.21. The smallest absolute Gasteiger partial charge is 0.394 e. The number of ether oxygens (including phenoxy) is 4. The van der Waals surface area contributed by atoms with E-state index in [0.717, 1.165) is 0 Å². The number of nitrogen functional groups attached to an aromatic ring is 2. The molecule has 0 bridgehead atoms. The van der Waals surface area contributed by atoms with Crippen LogP contribution in [0.1, 0.15) is 49.8 Å². The minimum Gasteiger partial charge on any atom is -0.394 e. The van der Waals surface area contributed by atoms with Gasteiger partial charge in [-0.25, -0.2) is 13.7 Å². The molecule has 4 aromatic heterocycles. The van der Waals surface area contributed by atoms with E-state index in [2.05, 4.69) is 65.4 Å². The molecule has 26 nitrogen and oxygen atoms in total. The second kappa shape index (κ2) is 21.5. The van der Waals surface area contributed by atoms with Gasteiger partial charge < -0.3 is 70.0 Å². The number of aromatic amines is 2. The maximum absolute atomic E-state index is 12.5. The van der Waals surface area contributed by atoms with Crippen molar-refractivity contribution in [2.45, 2.75) is 63.1 Å². The van der Waals surface area contributed by atoms with Gasteiger partial charge in [-0.3, -0.25) is 24.1 Å². The largest absolute Gasteiger partial charge is 0.490 e. The van der Waals surface area contributed by atoms with Crippen molar-refractivity contribution in [3.05, 3.63) is 69.5 Å². The summed E-state index contributed by atoms with van der Waals surface area (Å²) in [7, 11) is -16.7. The van der Waals surface area contributed by atoms with E-state index >= 15 is 0 Å². The van der Waals surface area contributed by atoms with Gasteiger partial charge in [-0.1, -0.05) is 42.8 Å². The summed E-state index contributed by atoms with van der Waals surface area (Å²) < 4.78 is 72.9. The Balaban J connectivity index is 0.000000258. The van der Waals surface area contributed by atoms with Gasteiger partial charge in [0.1, 0.15) is 24.7 Å². The number of H-pyrrole nitrogens is 2. The second-order valence-electron chi connectivity index (χ2n) is 13.5. The highest BCUT2D eigenvalue weighted by Crippen LogP contribution is 2.66. The molecular formula is C35H46N9O17P3. The van der Waals surface area contributed by atoms with Crippen molar-refractivity contribution < 1.29 is 70.5 Å². The molecule has 8 unspecified atom stereocenters. The lowest BCUT2D eigenvalue weighted by molar-refractivity contribution is -0.0560. The molecule has 2 saturated heterocycles. The molecule has 0 saturated carbocycles. The first kappa shape index (κ1) is 50.2. The zero-order valence-corrected chi connectivity index (χ0v) is 36.5. The fourth-order valence-corrected chi connectivity index (χ4v) is 9.60. The summed E-state index contributed by atoms with van der Waals surface area (Å²) in [5.74, 6) is 11.2. The molecule has 6 rings (SSSR count). The molecule has 2 fully saturated rings. The number of hydrogen-bond donors (Lipinski definition) is 10. The number of phosphoric ester groups is 1. The Hall–Kier alpha value is -4.79. The van der Waals surface area contributed by atoms with Crippen LogP contribution in [0.5, 0.6) is 0 Å². The summed E-state index contributed by atoms with van der Waals surface area (Å²) in [6.07, 6.45) is 3.56. The fraction of sp³-hybridized carbons (Fsp3) is 0.429. The highest BCUT2D eigenvalue weighted by atomic mass is 31.3. The molecule has 348 valence electrons. The van der Waals surface area contributed by atoms with Gasteiger partial charge >= 0.3 is 23.5 Å². The van der Waals surface area contributed by atoms with Gasteiger partial charge in [0.15, 0.2) is 11.3 Å². The zero-order valence-electron chi connectivity index (χ0n) is 33.8. The van der Waals surface area contributed by atoms with Gasteiger partial charge in [0, 0.05) is 31.7 Å². The lowest BCUT2D eigenvalue weighted by atomic mass is 10.2. The van der Waals surface area contributed by atoms with Crippen LogP contribution in [0.2, 0.25) is 0 Å². The SMILES string of the molecule is C=CCOC1CC(n2cc(C#CCC)c3c(=O)[nH]c(N)nc32)OC1CO.C=CCOC1CC(n2cc(C#CCN)c3c(=O)[nH]c(N)nc32)OC1COP(=O)(O)OP(=O)(O)OP(=O)(O)O. The third kappa shape index (κ3) is 12.7. The van der Waals surface area contributed by atoms with Crippen LogP contribution in [0, 0.1) is 23.7 Å². The van der Waals surface area contributed by atoms with Crippen LogP contribution >= 0.6 is 23.5 Å². The van der Waals surface area contributed by atoms with E-state index in [1.165, 1.54) is 16.8 Å². The maximum atomic E-state index is 12.5. The van der Waals surface area contributed by atoms with Crippen LogP contribution in [0.4, 0.5) is 11.9 Å². The van der Waals surface area contributed by atoms with E-state index in [-0.39, 0.29) is 66.3 Å². The van der Waals surface area contributed by atoms with Crippen molar-refractivity contribution in [3.63, 3.8) is 0 Å². The zero-order chi connectivity index (χ0) is 47.0. The number of aromatic nitrogens is 6. The number of aliphatic hydroxyl groups is 1. The molecule has 29 heteroatoms. The van der Waals surface area contributed by atoms with E-state index < -0.39 is 66.4 Å². The van der Waals surface area contributed by atoms with Gasteiger partial charge in [0.25, 0.3) is 11.1 Å². The van der Waals surface area contributed by atoms with Crippen LogP contribution in [-0.2, 0) is 45.8 Å². The molecule has 0 aliphatic carbocycles. The minimum absolute atomic E-state index is 0.0209. The quantitative estimate of drug-likeness (QED) is 0.0420. The van der Waals surface area contributed by atoms with Crippen molar-refractivity contribution in [1.82, 2.24) is 29.1 Å². The molecule has 0 spiro atoms.